The van der Waals surface area contributed by atoms with Crippen LogP contribution in [0.1, 0.15) is 23.6 Å². The SMILES string of the molecule is CCc1ccc(CC(=O)OC)cc1C. The summed E-state index contributed by atoms with van der Waals surface area (Å²) in [6, 6.07) is 6.12. The smallest absolute Gasteiger partial charge is 0.309 e. The van der Waals surface area contributed by atoms with Gasteiger partial charge >= 0.3 is 5.97 Å². The fourth-order valence-electron chi connectivity index (χ4n) is 1.50. The second kappa shape index (κ2) is 4.80. The molecule has 0 aliphatic heterocycles. The molecule has 0 aliphatic rings. The summed E-state index contributed by atoms with van der Waals surface area (Å²) >= 11 is 0. The van der Waals surface area contributed by atoms with Crippen LogP contribution in [0.4, 0.5) is 0 Å². The standard InChI is InChI=1S/C12H16O2/c1-4-11-6-5-10(7-9(11)2)8-12(13)14-3/h5-7H,4,8H2,1-3H3. The summed E-state index contributed by atoms with van der Waals surface area (Å²) in [6.45, 7) is 4.20. The van der Waals surface area contributed by atoms with Gasteiger partial charge in [0.25, 0.3) is 0 Å². The van der Waals surface area contributed by atoms with Crippen LogP contribution in [-0.2, 0) is 22.4 Å². The number of hydrogen-bond donors (Lipinski definition) is 0. The lowest BCUT2D eigenvalue weighted by atomic mass is 10.0. The van der Waals surface area contributed by atoms with Crippen molar-refractivity contribution in [2.75, 3.05) is 7.11 Å². The van der Waals surface area contributed by atoms with Gasteiger partial charge in [-0.1, -0.05) is 25.1 Å². The summed E-state index contributed by atoms with van der Waals surface area (Å²) in [6.07, 6.45) is 1.39. The number of benzene rings is 1. The summed E-state index contributed by atoms with van der Waals surface area (Å²) in [5, 5.41) is 0. The van der Waals surface area contributed by atoms with E-state index in [1.807, 2.05) is 6.07 Å². The minimum absolute atomic E-state index is 0.186. The van der Waals surface area contributed by atoms with Gasteiger partial charge in [-0.15, -0.1) is 0 Å². The molecule has 76 valence electrons. The van der Waals surface area contributed by atoms with Crippen LogP contribution in [0.25, 0.3) is 0 Å². The molecule has 0 aromatic heterocycles. The molecule has 0 unspecified atom stereocenters. The fourth-order valence-corrected chi connectivity index (χ4v) is 1.50. The molecule has 0 atom stereocenters. The zero-order chi connectivity index (χ0) is 10.6. The van der Waals surface area contributed by atoms with E-state index in [9.17, 15) is 4.79 Å². The molecule has 0 N–H and O–H groups in total. The van der Waals surface area contributed by atoms with Crippen molar-refractivity contribution >= 4 is 5.97 Å². The van der Waals surface area contributed by atoms with Gasteiger partial charge in [0.2, 0.25) is 0 Å². The van der Waals surface area contributed by atoms with E-state index in [0.29, 0.717) is 6.42 Å². The average Bonchev–Trinajstić information content (AvgIpc) is 2.18. The predicted molar refractivity (Wildman–Crippen MR) is 56.3 cm³/mol. The van der Waals surface area contributed by atoms with Gasteiger partial charge in [0, 0.05) is 0 Å². The average molecular weight is 192 g/mol. The molecule has 1 aromatic carbocycles. The third-order valence-electron chi connectivity index (χ3n) is 2.36. The van der Waals surface area contributed by atoms with Gasteiger partial charge in [-0.3, -0.25) is 4.79 Å². The first-order chi connectivity index (χ1) is 6.67. The molecule has 14 heavy (non-hydrogen) atoms. The first-order valence-electron chi connectivity index (χ1n) is 4.82. The maximum absolute atomic E-state index is 11.0. The van der Waals surface area contributed by atoms with Crippen LogP contribution in [-0.4, -0.2) is 13.1 Å². The van der Waals surface area contributed by atoms with Crippen LogP contribution in [0, 0.1) is 6.92 Å². The van der Waals surface area contributed by atoms with Crippen LogP contribution in [0.15, 0.2) is 18.2 Å². The summed E-state index contributed by atoms with van der Waals surface area (Å²) in [4.78, 5) is 11.0. The van der Waals surface area contributed by atoms with Crippen LogP contribution in [0.5, 0.6) is 0 Å². The molecule has 0 bridgehead atoms. The highest BCUT2D eigenvalue weighted by atomic mass is 16.5. The summed E-state index contributed by atoms with van der Waals surface area (Å²) < 4.78 is 4.61. The quantitative estimate of drug-likeness (QED) is 0.687. The molecule has 0 spiro atoms. The molecule has 0 saturated carbocycles. The molecule has 0 saturated heterocycles. The van der Waals surface area contributed by atoms with Crippen LogP contribution < -0.4 is 0 Å². The predicted octanol–water partition coefficient (Wildman–Crippen LogP) is 2.27. The Bertz CT molecular complexity index is 329. The van der Waals surface area contributed by atoms with E-state index in [2.05, 4.69) is 30.7 Å². The molecule has 1 aromatic rings. The molecule has 1 rings (SSSR count). The van der Waals surface area contributed by atoms with Crippen LogP contribution in [0.2, 0.25) is 0 Å². The summed E-state index contributed by atoms with van der Waals surface area (Å²) in [5.41, 5.74) is 3.60. The Morgan fingerprint density at radius 1 is 1.43 bits per heavy atom. The summed E-state index contributed by atoms with van der Waals surface area (Å²) in [7, 11) is 1.41. The van der Waals surface area contributed by atoms with E-state index in [-0.39, 0.29) is 5.97 Å². The molecule has 2 nitrogen and oxygen atoms in total. The van der Waals surface area contributed by atoms with Crippen molar-refractivity contribution in [2.24, 2.45) is 0 Å². The topological polar surface area (TPSA) is 26.3 Å². The first-order valence-corrected chi connectivity index (χ1v) is 4.82. The van der Waals surface area contributed by atoms with Crippen molar-refractivity contribution in [3.8, 4) is 0 Å². The molecule has 0 radical (unpaired) electrons. The van der Waals surface area contributed by atoms with E-state index in [0.717, 1.165) is 12.0 Å². The number of carbonyl (C=O) groups is 1. The number of esters is 1. The van der Waals surface area contributed by atoms with E-state index >= 15 is 0 Å². The van der Waals surface area contributed by atoms with Gasteiger partial charge in [0.15, 0.2) is 0 Å². The minimum Gasteiger partial charge on any atom is -0.469 e. The second-order valence-corrected chi connectivity index (χ2v) is 3.37. The van der Waals surface area contributed by atoms with Crippen molar-refractivity contribution in [1.82, 2.24) is 0 Å². The van der Waals surface area contributed by atoms with Crippen molar-refractivity contribution in [3.05, 3.63) is 34.9 Å². The van der Waals surface area contributed by atoms with Gasteiger partial charge < -0.3 is 4.74 Å². The highest BCUT2D eigenvalue weighted by molar-refractivity contribution is 5.72. The lowest BCUT2D eigenvalue weighted by molar-refractivity contribution is -0.139. The Morgan fingerprint density at radius 3 is 2.64 bits per heavy atom. The van der Waals surface area contributed by atoms with E-state index < -0.39 is 0 Å². The fraction of sp³-hybridized carbons (Fsp3) is 0.417. The molecular formula is C12H16O2. The molecular weight excluding hydrogens is 176 g/mol. The van der Waals surface area contributed by atoms with Gasteiger partial charge in [-0.25, -0.2) is 0 Å². The highest BCUT2D eigenvalue weighted by Gasteiger charge is 2.04. The Kier molecular flexibility index (Phi) is 3.69. The minimum atomic E-state index is -0.186. The number of ether oxygens (including phenoxy) is 1. The second-order valence-electron chi connectivity index (χ2n) is 3.37. The number of aryl methyl sites for hydroxylation is 2. The highest BCUT2D eigenvalue weighted by Crippen LogP contribution is 2.12. The van der Waals surface area contributed by atoms with Gasteiger partial charge in [0.1, 0.15) is 0 Å². The van der Waals surface area contributed by atoms with Gasteiger partial charge in [0.05, 0.1) is 13.5 Å². The monoisotopic (exact) mass is 192 g/mol. The van der Waals surface area contributed by atoms with Crippen LogP contribution in [0.3, 0.4) is 0 Å². The van der Waals surface area contributed by atoms with Gasteiger partial charge in [-0.2, -0.15) is 0 Å². The van der Waals surface area contributed by atoms with Gasteiger partial charge in [-0.05, 0) is 30.0 Å². The lowest BCUT2D eigenvalue weighted by Crippen LogP contribution is -2.04. The van der Waals surface area contributed by atoms with Crippen LogP contribution >= 0.6 is 0 Å². The number of methoxy groups -OCH3 is 1. The normalized spacial score (nSPS) is 9.93. The number of rotatable bonds is 3. The maximum Gasteiger partial charge on any atom is 0.309 e. The molecule has 0 fully saturated rings. The van der Waals surface area contributed by atoms with Crippen molar-refractivity contribution in [3.63, 3.8) is 0 Å². The Labute approximate surface area is 84.9 Å². The third kappa shape index (κ3) is 2.59. The van der Waals surface area contributed by atoms with E-state index in [1.54, 1.807) is 0 Å². The van der Waals surface area contributed by atoms with E-state index in [1.165, 1.54) is 18.2 Å². The van der Waals surface area contributed by atoms with Crippen molar-refractivity contribution in [2.45, 2.75) is 26.7 Å². The molecule has 0 amide bonds. The zero-order valence-electron chi connectivity index (χ0n) is 8.96. The molecule has 0 aliphatic carbocycles. The zero-order valence-corrected chi connectivity index (χ0v) is 8.96. The van der Waals surface area contributed by atoms with E-state index in [4.69, 9.17) is 0 Å². The lowest BCUT2D eigenvalue weighted by Gasteiger charge is -2.05. The number of carbonyl (C=O) groups excluding carboxylic acids is 1. The Balaban J connectivity index is 2.81. The first kappa shape index (κ1) is 10.8. The van der Waals surface area contributed by atoms with Crippen molar-refractivity contribution in [1.29, 1.82) is 0 Å². The number of hydrogen-bond acceptors (Lipinski definition) is 2. The maximum atomic E-state index is 11.0. The molecule has 2 heteroatoms. The summed E-state index contributed by atoms with van der Waals surface area (Å²) in [5.74, 6) is -0.186. The van der Waals surface area contributed by atoms with Crippen molar-refractivity contribution < 1.29 is 9.53 Å². The Hall–Kier alpha value is -1.31. The molecule has 0 heterocycles. The third-order valence-corrected chi connectivity index (χ3v) is 2.36. The largest absolute Gasteiger partial charge is 0.469 e. The Morgan fingerprint density at radius 2 is 2.14 bits per heavy atom.